The number of nitrogens with zero attached hydrogens (tertiary/aromatic N) is 3. The summed E-state index contributed by atoms with van der Waals surface area (Å²) in [5.41, 5.74) is 1.80. The van der Waals surface area contributed by atoms with Crippen LogP contribution in [0.3, 0.4) is 0 Å². The van der Waals surface area contributed by atoms with E-state index >= 15 is 0 Å². The molecule has 0 saturated carbocycles. The third kappa shape index (κ3) is 4.60. The number of hydrogen-bond acceptors (Lipinski definition) is 4. The highest BCUT2D eigenvalue weighted by molar-refractivity contribution is 7.89. The lowest BCUT2D eigenvalue weighted by Gasteiger charge is -2.23. The average Bonchev–Trinajstić information content (AvgIpc) is 3.19. The van der Waals surface area contributed by atoms with Gasteiger partial charge in [0.25, 0.3) is 5.91 Å². The van der Waals surface area contributed by atoms with Crippen LogP contribution in [0.5, 0.6) is 0 Å². The third-order valence-electron chi connectivity index (χ3n) is 4.43. The first-order valence-electron chi connectivity index (χ1n) is 9.11. The van der Waals surface area contributed by atoms with Gasteiger partial charge in [-0.2, -0.15) is 9.41 Å². The Balaban J connectivity index is 1.76. The lowest BCUT2D eigenvalue weighted by molar-refractivity contribution is -0.130. The smallest absolute Gasteiger partial charge is 0.257 e. The Hall–Kier alpha value is -2.22. The molecule has 1 aliphatic rings. The van der Waals surface area contributed by atoms with E-state index in [9.17, 15) is 13.2 Å². The van der Waals surface area contributed by atoms with Gasteiger partial charge in [0.1, 0.15) is 0 Å². The molecule has 1 aliphatic heterocycles. The van der Waals surface area contributed by atoms with E-state index in [1.54, 1.807) is 0 Å². The van der Waals surface area contributed by atoms with Crippen LogP contribution in [-0.4, -0.2) is 49.0 Å². The Morgan fingerprint density at radius 2 is 1.82 bits per heavy atom. The summed E-state index contributed by atoms with van der Waals surface area (Å²) in [6, 6.07) is 15.6. The fourth-order valence-electron chi connectivity index (χ4n) is 2.99. The molecule has 0 fully saturated rings. The van der Waals surface area contributed by atoms with E-state index in [2.05, 4.69) is 5.10 Å². The van der Waals surface area contributed by atoms with Gasteiger partial charge >= 0.3 is 0 Å². The molecule has 3 rings (SSSR count). The zero-order chi connectivity index (χ0) is 20.1. The van der Waals surface area contributed by atoms with Gasteiger partial charge in [0.2, 0.25) is 10.0 Å². The number of halogens is 1. The van der Waals surface area contributed by atoms with E-state index in [0.29, 0.717) is 24.4 Å². The summed E-state index contributed by atoms with van der Waals surface area (Å²) in [7, 11) is -3.79. The Labute approximate surface area is 170 Å². The second-order valence-electron chi connectivity index (χ2n) is 6.47. The highest BCUT2D eigenvalue weighted by Crippen LogP contribution is 2.20. The van der Waals surface area contributed by atoms with Crippen molar-refractivity contribution in [3.63, 3.8) is 0 Å². The maximum Gasteiger partial charge on any atom is 0.257 e. The van der Waals surface area contributed by atoms with Crippen molar-refractivity contribution >= 4 is 33.2 Å². The summed E-state index contributed by atoms with van der Waals surface area (Å²) in [6.07, 6.45) is 1.24. The molecule has 0 N–H and O–H groups in total. The van der Waals surface area contributed by atoms with Gasteiger partial charge < -0.3 is 0 Å². The molecule has 1 heterocycles. The molecule has 2 aromatic rings. The molecule has 0 radical (unpaired) electrons. The van der Waals surface area contributed by atoms with Crippen LogP contribution in [-0.2, 0) is 14.8 Å². The fourth-order valence-corrected chi connectivity index (χ4v) is 4.60. The number of sulfonamides is 1. The predicted molar refractivity (Wildman–Crippen MR) is 110 cm³/mol. The van der Waals surface area contributed by atoms with E-state index < -0.39 is 10.0 Å². The van der Waals surface area contributed by atoms with E-state index in [1.165, 1.54) is 33.6 Å². The first kappa shape index (κ1) is 20.5. The van der Waals surface area contributed by atoms with E-state index in [0.717, 1.165) is 11.3 Å². The average molecular weight is 420 g/mol. The first-order valence-corrected chi connectivity index (χ1v) is 10.9. The summed E-state index contributed by atoms with van der Waals surface area (Å²) < 4.78 is 27.1. The van der Waals surface area contributed by atoms with E-state index in [4.69, 9.17) is 11.6 Å². The van der Waals surface area contributed by atoms with Crippen molar-refractivity contribution in [1.29, 1.82) is 0 Å². The number of benzene rings is 2. The minimum atomic E-state index is -3.79. The maximum atomic E-state index is 12.9. The molecule has 0 bridgehead atoms. The molecule has 0 aliphatic carbocycles. The predicted octanol–water partition coefficient (Wildman–Crippen LogP) is 3.38. The van der Waals surface area contributed by atoms with Crippen molar-refractivity contribution in [3.8, 4) is 0 Å². The second kappa shape index (κ2) is 8.86. The number of carbonyl (C=O) groups excluding carboxylic acids is 1. The van der Waals surface area contributed by atoms with Gasteiger partial charge in [0.15, 0.2) is 0 Å². The van der Waals surface area contributed by atoms with Crippen molar-refractivity contribution in [1.82, 2.24) is 9.31 Å². The van der Waals surface area contributed by atoms with Crippen LogP contribution in [0, 0.1) is 0 Å². The van der Waals surface area contributed by atoms with E-state index in [1.807, 2.05) is 37.3 Å². The van der Waals surface area contributed by atoms with Crippen LogP contribution < -0.4 is 0 Å². The van der Waals surface area contributed by atoms with Crippen LogP contribution in [0.2, 0.25) is 5.02 Å². The quantitative estimate of drug-likeness (QED) is 0.690. The number of amides is 1. The zero-order valence-electron chi connectivity index (χ0n) is 15.6. The molecule has 28 heavy (non-hydrogen) atoms. The third-order valence-corrected chi connectivity index (χ3v) is 6.54. The van der Waals surface area contributed by atoms with Crippen LogP contribution in [0.1, 0.15) is 25.3 Å². The van der Waals surface area contributed by atoms with Gasteiger partial charge in [-0.25, -0.2) is 13.4 Å². The Bertz CT molecular complexity index is 960. The summed E-state index contributed by atoms with van der Waals surface area (Å²) >= 11 is 5.85. The maximum absolute atomic E-state index is 12.9. The van der Waals surface area contributed by atoms with Gasteiger partial charge in [-0.15, -0.1) is 0 Å². The van der Waals surface area contributed by atoms with Crippen LogP contribution in [0.4, 0.5) is 0 Å². The van der Waals surface area contributed by atoms with Crippen molar-refractivity contribution in [2.75, 3.05) is 19.6 Å². The lowest BCUT2D eigenvalue weighted by atomic mass is 10.1. The highest BCUT2D eigenvalue weighted by Gasteiger charge is 2.29. The summed E-state index contributed by atoms with van der Waals surface area (Å²) in [5.74, 6) is -0.336. The van der Waals surface area contributed by atoms with Gasteiger partial charge in [-0.05, 0) is 36.2 Å². The van der Waals surface area contributed by atoms with Crippen LogP contribution in [0.15, 0.2) is 64.6 Å². The van der Waals surface area contributed by atoms with Crippen molar-refractivity contribution in [3.05, 3.63) is 65.2 Å². The van der Waals surface area contributed by atoms with Crippen molar-refractivity contribution < 1.29 is 13.2 Å². The van der Waals surface area contributed by atoms with Gasteiger partial charge in [0.05, 0.1) is 23.7 Å². The molecule has 1 amide bonds. The molecule has 148 valence electrons. The fraction of sp³-hybridized carbons (Fsp3) is 0.300. The standard InChI is InChI=1S/C20H22ClN3O3S/c1-2-13-23(28(26,27)18-10-8-17(21)9-11-18)15-20(25)24-14-12-19(22-24)16-6-4-3-5-7-16/h3-11H,2,12-15H2,1H3. The SMILES string of the molecule is CCCN(CC(=O)N1CCC(c2ccccc2)=N1)S(=O)(=O)c1ccc(Cl)cc1. The molecular weight excluding hydrogens is 398 g/mol. The Kier molecular flexibility index (Phi) is 6.49. The molecular formula is C20H22ClN3O3S. The summed E-state index contributed by atoms with van der Waals surface area (Å²) in [5, 5.41) is 6.22. The Morgan fingerprint density at radius 3 is 2.46 bits per heavy atom. The molecule has 0 saturated heterocycles. The summed E-state index contributed by atoms with van der Waals surface area (Å²) in [6.45, 7) is 2.32. The largest absolute Gasteiger partial charge is 0.271 e. The summed E-state index contributed by atoms with van der Waals surface area (Å²) in [4.78, 5) is 12.8. The van der Waals surface area contributed by atoms with Gasteiger partial charge in [0, 0.05) is 18.0 Å². The van der Waals surface area contributed by atoms with Gasteiger partial charge in [-0.3, -0.25) is 4.79 Å². The minimum Gasteiger partial charge on any atom is -0.271 e. The molecule has 6 nitrogen and oxygen atoms in total. The molecule has 0 spiro atoms. The highest BCUT2D eigenvalue weighted by atomic mass is 35.5. The number of hydrazone groups is 1. The topological polar surface area (TPSA) is 70.1 Å². The molecule has 0 atom stereocenters. The lowest BCUT2D eigenvalue weighted by Crippen LogP contribution is -2.41. The molecule has 2 aromatic carbocycles. The monoisotopic (exact) mass is 419 g/mol. The number of hydrogen-bond donors (Lipinski definition) is 0. The number of carbonyl (C=O) groups is 1. The molecule has 8 heteroatoms. The zero-order valence-corrected chi connectivity index (χ0v) is 17.2. The second-order valence-corrected chi connectivity index (χ2v) is 8.85. The normalized spacial score (nSPS) is 14.4. The Morgan fingerprint density at radius 1 is 1.14 bits per heavy atom. The van der Waals surface area contributed by atoms with E-state index in [-0.39, 0.29) is 23.9 Å². The van der Waals surface area contributed by atoms with Crippen LogP contribution >= 0.6 is 11.6 Å². The minimum absolute atomic E-state index is 0.119. The van der Waals surface area contributed by atoms with Gasteiger partial charge in [-0.1, -0.05) is 48.9 Å². The van der Waals surface area contributed by atoms with Crippen molar-refractivity contribution in [2.24, 2.45) is 5.10 Å². The molecule has 0 aromatic heterocycles. The number of rotatable bonds is 7. The molecule has 0 unspecified atom stereocenters. The van der Waals surface area contributed by atoms with Crippen LogP contribution in [0.25, 0.3) is 0 Å². The first-order chi connectivity index (χ1) is 13.4. The van der Waals surface area contributed by atoms with Crippen molar-refractivity contribution in [2.45, 2.75) is 24.7 Å².